The van der Waals surface area contributed by atoms with E-state index in [1.54, 1.807) is 0 Å². The number of benzene rings is 1. The van der Waals surface area contributed by atoms with Crippen molar-refractivity contribution in [2.24, 2.45) is 0 Å². The van der Waals surface area contributed by atoms with Crippen LogP contribution in [0, 0.1) is 0 Å². The maximum Gasteiger partial charge on any atom is 0.232 e. The summed E-state index contributed by atoms with van der Waals surface area (Å²) < 4.78 is 24.9. The van der Waals surface area contributed by atoms with Crippen LogP contribution in [0.2, 0.25) is 0 Å². The van der Waals surface area contributed by atoms with Gasteiger partial charge in [0.25, 0.3) is 0 Å². The fourth-order valence-electron chi connectivity index (χ4n) is 2.29. The molecular weight excluding hydrogens is 234 g/mol. The third-order valence-electron chi connectivity index (χ3n) is 3.25. The van der Waals surface area contributed by atoms with Crippen LogP contribution in [0.25, 0.3) is 0 Å². The van der Waals surface area contributed by atoms with E-state index in [0.29, 0.717) is 12.5 Å². The van der Waals surface area contributed by atoms with E-state index in [0.717, 1.165) is 24.1 Å². The number of aryl methyl sites for hydroxylation is 1. The van der Waals surface area contributed by atoms with Crippen LogP contribution < -0.4 is 4.31 Å². The Labute approximate surface area is 104 Å². The minimum absolute atomic E-state index is 0.480. The number of nitrogens with zero attached hydrogens (tertiary/aromatic N) is 1. The van der Waals surface area contributed by atoms with Gasteiger partial charge in [0.2, 0.25) is 10.0 Å². The number of hydrogen-bond acceptors (Lipinski definition) is 2. The standard InChI is InChI=1S/C13H19NO2S/c1-10(2)11-6-7-13-12(9-11)5-4-8-14(13)17(3,15)16/h6-7,9-10H,4-5,8H2,1-3H3. The van der Waals surface area contributed by atoms with Crippen LogP contribution in [-0.4, -0.2) is 21.2 Å². The van der Waals surface area contributed by atoms with E-state index in [1.165, 1.54) is 16.1 Å². The molecular formula is C13H19NO2S. The molecule has 0 spiro atoms. The van der Waals surface area contributed by atoms with E-state index < -0.39 is 10.0 Å². The van der Waals surface area contributed by atoms with Gasteiger partial charge in [-0.05, 0) is 36.0 Å². The van der Waals surface area contributed by atoms with Gasteiger partial charge in [0.15, 0.2) is 0 Å². The Morgan fingerprint density at radius 1 is 1.29 bits per heavy atom. The summed E-state index contributed by atoms with van der Waals surface area (Å²) in [7, 11) is -3.14. The molecule has 3 nitrogen and oxygen atoms in total. The molecule has 1 aliphatic heterocycles. The second kappa shape index (κ2) is 4.33. The van der Waals surface area contributed by atoms with E-state index in [-0.39, 0.29) is 0 Å². The summed E-state index contributed by atoms with van der Waals surface area (Å²) in [6.07, 6.45) is 3.15. The first-order chi connectivity index (χ1) is 7.89. The molecule has 0 fully saturated rings. The molecule has 0 aliphatic carbocycles. The van der Waals surface area contributed by atoms with E-state index in [1.807, 2.05) is 12.1 Å². The third-order valence-corrected chi connectivity index (χ3v) is 4.43. The van der Waals surface area contributed by atoms with Crippen molar-refractivity contribution in [2.45, 2.75) is 32.6 Å². The van der Waals surface area contributed by atoms with E-state index in [2.05, 4.69) is 19.9 Å². The predicted molar refractivity (Wildman–Crippen MR) is 71.0 cm³/mol. The average molecular weight is 253 g/mol. The lowest BCUT2D eigenvalue weighted by Crippen LogP contribution is -2.34. The molecule has 1 aliphatic rings. The van der Waals surface area contributed by atoms with E-state index in [9.17, 15) is 8.42 Å². The van der Waals surface area contributed by atoms with Gasteiger partial charge in [-0.25, -0.2) is 8.42 Å². The second-order valence-electron chi connectivity index (χ2n) is 4.98. The van der Waals surface area contributed by atoms with Crippen molar-refractivity contribution in [3.63, 3.8) is 0 Å². The van der Waals surface area contributed by atoms with Gasteiger partial charge in [-0.1, -0.05) is 26.0 Å². The number of anilines is 1. The van der Waals surface area contributed by atoms with Crippen LogP contribution in [0.15, 0.2) is 18.2 Å². The van der Waals surface area contributed by atoms with Gasteiger partial charge in [-0.15, -0.1) is 0 Å². The maximum absolute atomic E-state index is 11.7. The summed E-state index contributed by atoms with van der Waals surface area (Å²) in [4.78, 5) is 0. The Hall–Kier alpha value is -1.03. The molecule has 0 saturated heterocycles. The lowest BCUT2D eigenvalue weighted by molar-refractivity contribution is 0.592. The van der Waals surface area contributed by atoms with Crippen molar-refractivity contribution in [1.29, 1.82) is 0 Å². The maximum atomic E-state index is 11.7. The van der Waals surface area contributed by atoms with Crippen molar-refractivity contribution < 1.29 is 8.42 Å². The lowest BCUT2D eigenvalue weighted by Gasteiger charge is -2.29. The summed E-state index contributed by atoms with van der Waals surface area (Å²) in [6.45, 7) is 4.91. The number of sulfonamides is 1. The monoisotopic (exact) mass is 253 g/mol. The van der Waals surface area contributed by atoms with Crippen LogP contribution >= 0.6 is 0 Å². The molecule has 0 radical (unpaired) electrons. The molecule has 1 aromatic rings. The molecule has 0 amide bonds. The minimum Gasteiger partial charge on any atom is -0.270 e. The van der Waals surface area contributed by atoms with Gasteiger partial charge in [0, 0.05) is 6.54 Å². The molecule has 0 unspecified atom stereocenters. The van der Waals surface area contributed by atoms with E-state index in [4.69, 9.17) is 0 Å². The van der Waals surface area contributed by atoms with Crippen LogP contribution in [0.3, 0.4) is 0 Å². The van der Waals surface area contributed by atoms with Crippen LogP contribution in [0.4, 0.5) is 5.69 Å². The smallest absolute Gasteiger partial charge is 0.232 e. The number of fused-ring (bicyclic) bond motifs is 1. The van der Waals surface area contributed by atoms with Gasteiger partial charge in [0.1, 0.15) is 0 Å². The van der Waals surface area contributed by atoms with Gasteiger partial charge >= 0.3 is 0 Å². The molecule has 17 heavy (non-hydrogen) atoms. The van der Waals surface area contributed by atoms with Crippen LogP contribution in [0.1, 0.15) is 37.3 Å². The first kappa shape index (κ1) is 12.4. The molecule has 0 aromatic heterocycles. The molecule has 2 rings (SSSR count). The molecule has 94 valence electrons. The molecule has 4 heteroatoms. The Morgan fingerprint density at radius 2 is 2.00 bits per heavy atom. The average Bonchev–Trinajstić information content (AvgIpc) is 2.26. The van der Waals surface area contributed by atoms with Crippen molar-refractivity contribution in [3.8, 4) is 0 Å². The summed E-state index contributed by atoms with van der Waals surface area (Å²) in [6, 6.07) is 6.13. The van der Waals surface area contributed by atoms with Gasteiger partial charge in [-0.2, -0.15) is 0 Å². The van der Waals surface area contributed by atoms with Crippen molar-refractivity contribution >= 4 is 15.7 Å². The largest absolute Gasteiger partial charge is 0.270 e. The highest BCUT2D eigenvalue weighted by Gasteiger charge is 2.24. The molecule has 1 heterocycles. The summed E-state index contributed by atoms with van der Waals surface area (Å²) in [5.74, 6) is 0.480. The molecule has 0 atom stereocenters. The predicted octanol–water partition coefficient (Wildman–Crippen LogP) is 2.52. The van der Waals surface area contributed by atoms with E-state index >= 15 is 0 Å². The Bertz CT molecular complexity index is 520. The zero-order valence-electron chi connectivity index (χ0n) is 10.6. The van der Waals surface area contributed by atoms with Crippen molar-refractivity contribution in [1.82, 2.24) is 0 Å². The quantitative estimate of drug-likeness (QED) is 0.812. The Kier molecular flexibility index (Phi) is 3.17. The SMILES string of the molecule is CC(C)c1ccc2c(c1)CCCN2S(C)(=O)=O. The highest BCUT2D eigenvalue weighted by atomic mass is 32.2. The van der Waals surface area contributed by atoms with Gasteiger partial charge in [-0.3, -0.25) is 4.31 Å². The highest BCUT2D eigenvalue weighted by molar-refractivity contribution is 7.92. The first-order valence-electron chi connectivity index (χ1n) is 6.00. The topological polar surface area (TPSA) is 37.4 Å². The zero-order valence-corrected chi connectivity index (χ0v) is 11.4. The highest BCUT2D eigenvalue weighted by Crippen LogP contribution is 2.31. The fraction of sp³-hybridized carbons (Fsp3) is 0.538. The van der Waals surface area contributed by atoms with Gasteiger partial charge < -0.3 is 0 Å². The van der Waals surface area contributed by atoms with Crippen LogP contribution in [-0.2, 0) is 16.4 Å². The van der Waals surface area contributed by atoms with Crippen molar-refractivity contribution in [3.05, 3.63) is 29.3 Å². The van der Waals surface area contributed by atoms with Crippen molar-refractivity contribution in [2.75, 3.05) is 17.1 Å². The Balaban J connectivity index is 2.47. The van der Waals surface area contributed by atoms with Crippen LogP contribution in [0.5, 0.6) is 0 Å². The summed E-state index contributed by atoms with van der Waals surface area (Å²) >= 11 is 0. The second-order valence-corrected chi connectivity index (χ2v) is 6.89. The van der Waals surface area contributed by atoms with Gasteiger partial charge in [0.05, 0.1) is 11.9 Å². The molecule has 1 aromatic carbocycles. The fourth-order valence-corrected chi connectivity index (χ4v) is 3.28. The summed E-state index contributed by atoms with van der Waals surface area (Å²) in [5.41, 5.74) is 3.30. The summed E-state index contributed by atoms with van der Waals surface area (Å²) in [5, 5.41) is 0. The number of rotatable bonds is 2. The molecule has 0 bridgehead atoms. The molecule has 0 saturated carbocycles. The zero-order chi connectivity index (χ0) is 12.6. The Morgan fingerprint density at radius 3 is 2.59 bits per heavy atom. The number of hydrogen-bond donors (Lipinski definition) is 0. The normalized spacial score (nSPS) is 16.1. The lowest BCUT2D eigenvalue weighted by atomic mass is 9.96. The third kappa shape index (κ3) is 2.46. The first-order valence-corrected chi connectivity index (χ1v) is 7.85. The molecule has 0 N–H and O–H groups in total. The minimum atomic E-state index is -3.14.